The van der Waals surface area contributed by atoms with Crippen LogP contribution in [0.3, 0.4) is 0 Å². The van der Waals surface area contributed by atoms with E-state index < -0.39 is 17.7 Å². The van der Waals surface area contributed by atoms with Crippen molar-refractivity contribution in [2.75, 3.05) is 0 Å². The average Bonchev–Trinajstić information content (AvgIpc) is 2.27. The summed E-state index contributed by atoms with van der Waals surface area (Å²) in [5.74, 6) is -0.387. The molecule has 0 saturated heterocycles. The lowest BCUT2D eigenvalue weighted by atomic mass is 9.94. The molecule has 0 aliphatic carbocycles. The lowest BCUT2D eigenvalue weighted by molar-refractivity contribution is -0.124. The number of hydrogen-bond acceptors (Lipinski definition) is 2. The largest absolute Gasteiger partial charge is 0.465 e. The highest BCUT2D eigenvalue weighted by Crippen LogP contribution is 2.21. The molecule has 0 heterocycles. The first-order chi connectivity index (χ1) is 8.72. The van der Waals surface area contributed by atoms with E-state index in [1.165, 1.54) is 6.92 Å². The number of carboxylic acid groups (broad SMARTS) is 1. The zero-order valence-corrected chi connectivity index (χ0v) is 11.8. The van der Waals surface area contributed by atoms with E-state index >= 15 is 0 Å². The molecule has 19 heavy (non-hydrogen) atoms. The van der Waals surface area contributed by atoms with Crippen LogP contribution in [0.25, 0.3) is 0 Å². The van der Waals surface area contributed by atoms with Crippen molar-refractivity contribution in [1.29, 1.82) is 0 Å². The molecule has 0 saturated carbocycles. The molecule has 0 aliphatic heterocycles. The molecule has 6 heteroatoms. The van der Waals surface area contributed by atoms with E-state index in [1.54, 1.807) is 12.1 Å². The van der Waals surface area contributed by atoms with E-state index in [1.807, 2.05) is 26.0 Å². The maximum atomic E-state index is 11.9. The number of amides is 2. The van der Waals surface area contributed by atoms with E-state index in [4.69, 9.17) is 16.7 Å². The normalized spacial score (nSPS) is 12.6. The van der Waals surface area contributed by atoms with Crippen molar-refractivity contribution in [3.63, 3.8) is 0 Å². The Balaban J connectivity index is 2.76. The SMILES string of the molecule is CC(NC(=O)O)C(=O)NC(C)(C)c1ccc(Cl)cc1. The van der Waals surface area contributed by atoms with Gasteiger partial charge in [0.15, 0.2) is 0 Å². The van der Waals surface area contributed by atoms with Crippen molar-refractivity contribution in [2.24, 2.45) is 0 Å². The second-order valence-electron chi connectivity index (χ2n) is 4.79. The quantitative estimate of drug-likeness (QED) is 0.794. The molecule has 0 radical (unpaired) electrons. The molecule has 1 aromatic rings. The standard InChI is InChI=1S/C13H17ClN2O3/c1-8(15-12(18)19)11(17)16-13(2,3)9-4-6-10(14)7-5-9/h4-8,15H,1-3H3,(H,16,17)(H,18,19). The number of carbonyl (C=O) groups is 2. The summed E-state index contributed by atoms with van der Waals surface area (Å²) in [5.41, 5.74) is 0.267. The molecule has 0 bridgehead atoms. The van der Waals surface area contributed by atoms with Gasteiger partial charge in [0.2, 0.25) is 5.91 Å². The fourth-order valence-corrected chi connectivity index (χ4v) is 1.73. The molecular weight excluding hydrogens is 268 g/mol. The molecule has 104 valence electrons. The van der Waals surface area contributed by atoms with Gasteiger partial charge in [-0.05, 0) is 38.5 Å². The van der Waals surface area contributed by atoms with Gasteiger partial charge in [-0.15, -0.1) is 0 Å². The van der Waals surface area contributed by atoms with Gasteiger partial charge in [0.25, 0.3) is 0 Å². The molecule has 0 aliphatic rings. The van der Waals surface area contributed by atoms with Gasteiger partial charge in [-0.3, -0.25) is 4.79 Å². The lowest BCUT2D eigenvalue weighted by Gasteiger charge is -2.28. The minimum atomic E-state index is -1.23. The lowest BCUT2D eigenvalue weighted by Crippen LogP contribution is -2.50. The monoisotopic (exact) mass is 284 g/mol. The minimum Gasteiger partial charge on any atom is -0.465 e. The third-order valence-electron chi connectivity index (χ3n) is 2.73. The Morgan fingerprint density at radius 2 is 1.79 bits per heavy atom. The summed E-state index contributed by atoms with van der Waals surface area (Å²) >= 11 is 5.81. The van der Waals surface area contributed by atoms with Crippen molar-refractivity contribution >= 4 is 23.6 Å². The van der Waals surface area contributed by atoms with Gasteiger partial charge in [0.1, 0.15) is 6.04 Å². The van der Waals surface area contributed by atoms with Gasteiger partial charge < -0.3 is 15.7 Å². The molecule has 0 spiro atoms. The maximum Gasteiger partial charge on any atom is 0.405 e. The first-order valence-electron chi connectivity index (χ1n) is 5.80. The molecule has 2 amide bonds. The van der Waals surface area contributed by atoms with Crippen LogP contribution in [-0.2, 0) is 10.3 Å². The van der Waals surface area contributed by atoms with Crippen LogP contribution in [-0.4, -0.2) is 23.1 Å². The van der Waals surface area contributed by atoms with Crippen LogP contribution in [0.1, 0.15) is 26.3 Å². The molecular formula is C13H17ClN2O3. The van der Waals surface area contributed by atoms with Crippen molar-refractivity contribution in [3.05, 3.63) is 34.9 Å². The Kier molecular flexibility index (Phi) is 4.78. The fourth-order valence-electron chi connectivity index (χ4n) is 1.61. The number of nitrogens with one attached hydrogen (secondary N) is 2. The van der Waals surface area contributed by atoms with Crippen LogP contribution in [0, 0.1) is 0 Å². The highest BCUT2D eigenvalue weighted by atomic mass is 35.5. The molecule has 3 N–H and O–H groups in total. The summed E-state index contributed by atoms with van der Waals surface area (Å²) in [6.45, 7) is 5.16. The zero-order chi connectivity index (χ0) is 14.6. The van der Waals surface area contributed by atoms with Gasteiger partial charge in [-0.2, -0.15) is 0 Å². The van der Waals surface area contributed by atoms with Crippen molar-refractivity contribution in [3.8, 4) is 0 Å². The topological polar surface area (TPSA) is 78.4 Å². The maximum absolute atomic E-state index is 11.9. The highest BCUT2D eigenvalue weighted by molar-refractivity contribution is 6.30. The van der Waals surface area contributed by atoms with Crippen LogP contribution in [0.15, 0.2) is 24.3 Å². The van der Waals surface area contributed by atoms with Gasteiger partial charge in [-0.25, -0.2) is 4.79 Å². The predicted octanol–water partition coefficient (Wildman–Crippen LogP) is 2.35. The van der Waals surface area contributed by atoms with E-state index in [-0.39, 0.29) is 5.91 Å². The first-order valence-corrected chi connectivity index (χ1v) is 6.17. The fraction of sp³-hybridized carbons (Fsp3) is 0.385. The Morgan fingerprint density at radius 3 is 2.26 bits per heavy atom. The van der Waals surface area contributed by atoms with E-state index in [2.05, 4.69) is 10.6 Å². The number of rotatable bonds is 4. The van der Waals surface area contributed by atoms with Crippen molar-refractivity contribution in [2.45, 2.75) is 32.4 Å². The number of hydrogen-bond donors (Lipinski definition) is 3. The Labute approximate surface area is 117 Å². The van der Waals surface area contributed by atoms with E-state index in [0.717, 1.165) is 5.56 Å². The third kappa shape index (κ3) is 4.44. The predicted molar refractivity (Wildman–Crippen MR) is 73.2 cm³/mol. The molecule has 1 unspecified atom stereocenters. The molecule has 1 rings (SSSR count). The van der Waals surface area contributed by atoms with Crippen LogP contribution >= 0.6 is 11.6 Å². The van der Waals surface area contributed by atoms with Gasteiger partial charge in [0, 0.05) is 5.02 Å². The summed E-state index contributed by atoms with van der Waals surface area (Å²) < 4.78 is 0. The van der Waals surface area contributed by atoms with Gasteiger partial charge in [0.05, 0.1) is 5.54 Å². The second kappa shape index (κ2) is 5.93. The minimum absolute atomic E-state index is 0.387. The van der Waals surface area contributed by atoms with Crippen molar-refractivity contribution in [1.82, 2.24) is 10.6 Å². The summed E-state index contributed by atoms with van der Waals surface area (Å²) in [7, 11) is 0. The van der Waals surface area contributed by atoms with Gasteiger partial charge in [-0.1, -0.05) is 23.7 Å². The summed E-state index contributed by atoms with van der Waals surface area (Å²) in [4.78, 5) is 22.4. The van der Waals surface area contributed by atoms with E-state index in [9.17, 15) is 9.59 Å². The summed E-state index contributed by atoms with van der Waals surface area (Å²) in [6.07, 6.45) is -1.23. The molecule has 0 fully saturated rings. The van der Waals surface area contributed by atoms with Crippen molar-refractivity contribution < 1.29 is 14.7 Å². The summed E-state index contributed by atoms with van der Waals surface area (Å²) in [5, 5.41) is 14.1. The third-order valence-corrected chi connectivity index (χ3v) is 2.99. The van der Waals surface area contributed by atoms with E-state index in [0.29, 0.717) is 5.02 Å². The number of benzene rings is 1. The summed E-state index contributed by atoms with van der Waals surface area (Å²) in [6, 6.07) is 6.30. The highest BCUT2D eigenvalue weighted by Gasteiger charge is 2.25. The Morgan fingerprint density at radius 1 is 1.26 bits per heavy atom. The average molecular weight is 285 g/mol. The Hall–Kier alpha value is -1.75. The van der Waals surface area contributed by atoms with Crippen LogP contribution < -0.4 is 10.6 Å². The Bertz CT molecular complexity index is 471. The molecule has 1 atom stereocenters. The van der Waals surface area contributed by atoms with Crippen LogP contribution in [0.4, 0.5) is 4.79 Å². The smallest absolute Gasteiger partial charge is 0.405 e. The zero-order valence-electron chi connectivity index (χ0n) is 11.0. The molecule has 5 nitrogen and oxygen atoms in total. The molecule has 1 aromatic carbocycles. The number of halogens is 1. The first kappa shape index (κ1) is 15.3. The van der Waals surface area contributed by atoms with Gasteiger partial charge >= 0.3 is 6.09 Å². The van der Waals surface area contributed by atoms with Crippen LogP contribution in [0.2, 0.25) is 5.02 Å². The molecule has 0 aromatic heterocycles. The number of carbonyl (C=O) groups excluding carboxylic acids is 1. The second-order valence-corrected chi connectivity index (χ2v) is 5.23. The van der Waals surface area contributed by atoms with Crippen LogP contribution in [0.5, 0.6) is 0 Å².